The van der Waals surface area contributed by atoms with Crippen LogP contribution < -0.4 is 0 Å². The van der Waals surface area contributed by atoms with Gasteiger partial charge in [-0.25, -0.2) is 0 Å². The summed E-state index contributed by atoms with van der Waals surface area (Å²) in [4.78, 5) is 4.24. The maximum absolute atomic E-state index is 12.7. The summed E-state index contributed by atoms with van der Waals surface area (Å²) in [6.45, 7) is 1.57. The van der Waals surface area contributed by atoms with Crippen molar-refractivity contribution in [3.63, 3.8) is 0 Å². The Balaban J connectivity index is 1.92. The largest absolute Gasteiger partial charge is 0.507 e. The molecule has 0 saturated heterocycles. The normalized spacial score (nSPS) is 11.8. The molecule has 0 aliphatic heterocycles. The first-order chi connectivity index (χ1) is 12.4. The van der Waals surface area contributed by atoms with Crippen LogP contribution in [0.25, 0.3) is 11.1 Å². The summed E-state index contributed by atoms with van der Waals surface area (Å²) in [5, 5.41) is 10.5. The lowest BCUT2D eigenvalue weighted by molar-refractivity contribution is -0.137. The predicted octanol–water partition coefficient (Wildman–Crippen LogP) is 6.14. The highest BCUT2D eigenvalue weighted by atomic mass is 19.4. The van der Waals surface area contributed by atoms with Crippen LogP contribution in [0.1, 0.15) is 16.7 Å². The fraction of sp³-hybridized carbons (Fsp3) is 0.0952. The van der Waals surface area contributed by atoms with Crippen molar-refractivity contribution in [2.75, 3.05) is 0 Å². The number of alkyl halides is 3. The summed E-state index contributed by atoms with van der Waals surface area (Å²) < 4.78 is 38.2. The molecule has 0 bridgehead atoms. The Morgan fingerprint density at radius 3 is 2.31 bits per heavy atom. The van der Waals surface area contributed by atoms with Crippen molar-refractivity contribution in [3.8, 4) is 16.9 Å². The van der Waals surface area contributed by atoms with Crippen molar-refractivity contribution in [2.45, 2.75) is 13.1 Å². The summed E-state index contributed by atoms with van der Waals surface area (Å²) in [5.74, 6) is 0.0759. The molecule has 0 amide bonds. The van der Waals surface area contributed by atoms with Crippen molar-refractivity contribution in [1.82, 2.24) is 0 Å². The van der Waals surface area contributed by atoms with E-state index in [1.54, 1.807) is 25.1 Å². The lowest BCUT2D eigenvalue weighted by Crippen LogP contribution is -2.04. The SMILES string of the molecule is Cc1cc(C(F)(F)F)ccc1N=Cc1cccc(-c2ccccc2)c1O. The van der Waals surface area contributed by atoms with E-state index in [1.165, 1.54) is 12.3 Å². The Morgan fingerprint density at radius 1 is 0.923 bits per heavy atom. The third-order valence-electron chi connectivity index (χ3n) is 4.02. The van der Waals surface area contributed by atoms with Gasteiger partial charge < -0.3 is 5.11 Å². The van der Waals surface area contributed by atoms with Crippen LogP contribution in [0, 0.1) is 6.92 Å². The number of hydrogen-bond donors (Lipinski definition) is 1. The van der Waals surface area contributed by atoms with Gasteiger partial charge in [-0.15, -0.1) is 0 Å². The second-order valence-corrected chi connectivity index (χ2v) is 5.87. The van der Waals surface area contributed by atoms with Gasteiger partial charge in [0, 0.05) is 17.3 Å². The molecule has 0 aliphatic rings. The molecule has 0 spiro atoms. The molecule has 1 N–H and O–H groups in total. The fourth-order valence-corrected chi connectivity index (χ4v) is 2.63. The zero-order chi connectivity index (χ0) is 18.7. The van der Waals surface area contributed by atoms with Crippen LogP contribution in [0.2, 0.25) is 0 Å². The number of phenols is 1. The summed E-state index contributed by atoms with van der Waals surface area (Å²) in [6.07, 6.45) is -2.92. The monoisotopic (exact) mass is 355 g/mol. The van der Waals surface area contributed by atoms with E-state index in [9.17, 15) is 18.3 Å². The zero-order valence-electron chi connectivity index (χ0n) is 14.0. The fourth-order valence-electron chi connectivity index (χ4n) is 2.63. The molecular weight excluding hydrogens is 339 g/mol. The number of aryl methyl sites for hydroxylation is 1. The van der Waals surface area contributed by atoms with Gasteiger partial charge in [0.25, 0.3) is 0 Å². The smallest absolute Gasteiger partial charge is 0.416 e. The molecular formula is C21H16F3NO. The number of nitrogens with zero attached hydrogens (tertiary/aromatic N) is 1. The third kappa shape index (κ3) is 3.77. The third-order valence-corrected chi connectivity index (χ3v) is 4.02. The van der Waals surface area contributed by atoms with Gasteiger partial charge in [-0.2, -0.15) is 13.2 Å². The maximum atomic E-state index is 12.7. The molecule has 0 unspecified atom stereocenters. The van der Waals surface area contributed by atoms with Gasteiger partial charge in [-0.3, -0.25) is 4.99 Å². The summed E-state index contributed by atoms with van der Waals surface area (Å²) in [7, 11) is 0. The topological polar surface area (TPSA) is 32.6 Å². The molecule has 0 atom stereocenters. The molecule has 0 radical (unpaired) electrons. The van der Waals surface area contributed by atoms with Crippen LogP contribution in [0.3, 0.4) is 0 Å². The number of aromatic hydroxyl groups is 1. The van der Waals surface area contributed by atoms with E-state index in [0.29, 0.717) is 22.4 Å². The van der Waals surface area contributed by atoms with Gasteiger partial charge >= 0.3 is 6.18 Å². The van der Waals surface area contributed by atoms with E-state index in [4.69, 9.17) is 0 Å². The highest BCUT2D eigenvalue weighted by Gasteiger charge is 2.30. The number of phenolic OH excluding ortho intramolecular Hbond substituents is 1. The van der Waals surface area contributed by atoms with E-state index in [-0.39, 0.29) is 5.75 Å². The van der Waals surface area contributed by atoms with Crippen LogP contribution in [0.15, 0.2) is 71.7 Å². The molecule has 0 aromatic heterocycles. The Morgan fingerprint density at radius 2 is 1.65 bits per heavy atom. The predicted molar refractivity (Wildman–Crippen MR) is 97.0 cm³/mol. The number of para-hydroxylation sites is 1. The van der Waals surface area contributed by atoms with Gasteiger partial charge in [0.1, 0.15) is 5.75 Å². The van der Waals surface area contributed by atoms with Crippen LogP contribution >= 0.6 is 0 Å². The number of rotatable bonds is 3. The van der Waals surface area contributed by atoms with E-state index >= 15 is 0 Å². The summed E-state index contributed by atoms with van der Waals surface area (Å²) in [5.41, 5.74) is 2.15. The minimum atomic E-state index is -4.38. The summed E-state index contributed by atoms with van der Waals surface area (Å²) >= 11 is 0. The highest BCUT2D eigenvalue weighted by Crippen LogP contribution is 2.33. The number of aliphatic imine (C=N–C) groups is 1. The molecule has 0 saturated carbocycles. The Bertz CT molecular complexity index is 947. The molecule has 3 aromatic rings. The summed E-state index contributed by atoms with van der Waals surface area (Å²) in [6, 6.07) is 18.1. The van der Waals surface area contributed by atoms with Crippen LogP contribution in [0.4, 0.5) is 18.9 Å². The molecule has 26 heavy (non-hydrogen) atoms. The van der Waals surface area contributed by atoms with Crippen molar-refractivity contribution in [2.24, 2.45) is 4.99 Å². The first-order valence-corrected chi connectivity index (χ1v) is 7.95. The Hall–Kier alpha value is -3.08. The van der Waals surface area contributed by atoms with E-state index in [0.717, 1.165) is 17.7 Å². The van der Waals surface area contributed by atoms with E-state index in [1.807, 2.05) is 30.3 Å². The molecule has 5 heteroatoms. The molecule has 132 valence electrons. The maximum Gasteiger partial charge on any atom is 0.416 e. The Kier molecular flexibility index (Phi) is 4.80. The Labute approximate surface area is 149 Å². The number of hydrogen-bond acceptors (Lipinski definition) is 2. The van der Waals surface area contributed by atoms with Crippen LogP contribution in [0.5, 0.6) is 5.75 Å². The standard InChI is InChI=1S/C21H16F3NO/c1-14-12-17(21(22,23)24)10-11-19(14)25-13-16-8-5-9-18(20(16)26)15-6-3-2-4-7-15/h2-13,26H,1H3. The van der Waals surface area contributed by atoms with Crippen molar-refractivity contribution in [1.29, 1.82) is 0 Å². The molecule has 3 aromatic carbocycles. The van der Waals surface area contributed by atoms with Crippen LogP contribution in [-0.2, 0) is 6.18 Å². The quantitative estimate of drug-likeness (QED) is 0.563. The zero-order valence-corrected chi connectivity index (χ0v) is 14.0. The first-order valence-electron chi connectivity index (χ1n) is 7.95. The molecule has 0 aliphatic carbocycles. The number of halogens is 3. The van der Waals surface area contributed by atoms with Crippen molar-refractivity contribution in [3.05, 3.63) is 83.4 Å². The molecule has 0 heterocycles. The van der Waals surface area contributed by atoms with Crippen molar-refractivity contribution < 1.29 is 18.3 Å². The van der Waals surface area contributed by atoms with Gasteiger partial charge in [0.2, 0.25) is 0 Å². The average molecular weight is 355 g/mol. The van der Waals surface area contributed by atoms with Gasteiger partial charge in [0.15, 0.2) is 0 Å². The van der Waals surface area contributed by atoms with Crippen LogP contribution in [-0.4, -0.2) is 11.3 Å². The van der Waals surface area contributed by atoms with Gasteiger partial charge in [0.05, 0.1) is 11.3 Å². The lowest BCUT2D eigenvalue weighted by Gasteiger charge is -2.09. The molecule has 3 rings (SSSR count). The highest BCUT2D eigenvalue weighted by molar-refractivity contribution is 5.90. The molecule has 2 nitrogen and oxygen atoms in total. The van der Waals surface area contributed by atoms with Crippen molar-refractivity contribution >= 4 is 11.9 Å². The minimum absolute atomic E-state index is 0.0759. The van der Waals surface area contributed by atoms with Gasteiger partial charge in [-0.05, 0) is 42.3 Å². The minimum Gasteiger partial charge on any atom is -0.507 e. The first kappa shape index (κ1) is 17.7. The van der Waals surface area contributed by atoms with Gasteiger partial charge in [-0.1, -0.05) is 42.5 Å². The van der Waals surface area contributed by atoms with E-state index < -0.39 is 11.7 Å². The second kappa shape index (κ2) is 7.04. The molecule has 0 fully saturated rings. The lowest BCUT2D eigenvalue weighted by atomic mass is 10.0. The van der Waals surface area contributed by atoms with E-state index in [2.05, 4.69) is 4.99 Å². The average Bonchev–Trinajstić information content (AvgIpc) is 2.61. The number of benzene rings is 3. The second-order valence-electron chi connectivity index (χ2n) is 5.87.